The molecule has 1 fully saturated rings. The minimum atomic E-state index is -0.410. The van der Waals surface area contributed by atoms with Gasteiger partial charge in [0.25, 0.3) is 5.69 Å². The minimum absolute atomic E-state index is 0.0428. The van der Waals surface area contributed by atoms with Crippen molar-refractivity contribution in [2.45, 2.75) is 26.3 Å². The fourth-order valence-electron chi connectivity index (χ4n) is 3.11. The van der Waals surface area contributed by atoms with Gasteiger partial charge in [-0.2, -0.15) is 0 Å². The van der Waals surface area contributed by atoms with E-state index in [-0.39, 0.29) is 11.6 Å². The van der Waals surface area contributed by atoms with E-state index < -0.39 is 4.92 Å². The van der Waals surface area contributed by atoms with Crippen LogP contribution in [0.5, 0.6) is 5.88 Å². The van der Waals surface area contributed by atoms with Crippen LogP contribution in [0.3, 0.4) is 0 Å². The average molecular weight is 323 g/mol. The number of aryl methyl sites for hydroxylation is 1. The molecule has 1 aliphatic carbocycles. The van der Waals surface area contributed by atoms with Crippen molar-refractivity contribution in [3.05, 3.63) is 52.3 Å². The monoisotopic (exact) mass is 323 g/mol. The number of fused-ring (bicyclic) bond motifs is 1. The first kappa shape index (κ1) is 14.7. The van der Waals surface area contributed by atoms with E-state index in [1.165, 1.54) is 25.0 Å². The van der Waals surface area contributed by atoms with Crippen LogP contribution in [0.25, 0.3) is 22.0 Å². The first-order chi connectivity index (χ1) is 11.5. The molecule has 0 atom stereocenters. The molecule has 1 aliphatic rings. The van der Waals surface area contributed by atoms with E-state index in [1.807, 2.05) is 29.8 Å². The smallest absolute Gasteiger partial charge is 0.270 e. The Labute approximate surface area is 138 Å². The number of rotatable bonds is 4. The molecule has 0 aliphatic heterocycles. The average Bonchev–Trinajstić information content (AvgIpc) is 3.31. The first-order valence-corrected chi connectivity index (χ1v) is 7.97. The molecule has 1 saturated carbocycles. The summed E-state index contributed by atoms with van der Waals surface area (Å²) in [7, 11) is 0. The van der Waals surface area contributed by atoms with E-state index in [4.69, 9.17) is 0 Å². The second kappa shape index (κ2) is 5.33. The number of hydrogen-bond donors (Lipinski definition) is 1. The van der Waals surface area contributed by atoms with Gasteiger partial charge in [0.05, 0.1) is 21.7 Å². The first-order valence-electron chi connectivity index (χ1n) is 7.97. The molecule has 4 rings (SSSR count). The summed E-state index contributed by atoms with van der Waals surface area (Å²) < 4.78 is 1.88. The number of hydrogen-bond acceptors (Lipinski definition) is 4. The largest absolute Gasteiger partial charge is 0.494 e. The van der Waals surface area contributed by atoms with Gasteiger partial charge < -0.3 is 9.67 Å². The lowest BCUT2D eigenvalue weighted by atomic mass is 10.1. The summed E-state index contributed by atoms with van der Waals surface area (Å²) in [6.45, 7) is 2.68. The Morgan fingerprint density at radius 1 is 1.38 bits per heavy atom. The number of aromatic nitrogens is 2. The Hall–Kier alpha value is -2.89. The van der Waals surface area contributed by atoms with Crippen molar-refractivity contribution in [2.24, 2.45) is 5.92 Å². The highest BCUT2D eigenvalue weighted by molar-refractivity contribution is 5.92. The van der Waals surface area contributed by atoms with Crippen LogP contribution in [-0.4, -0.2) is 19.6 Å². The SMILES string of the molecule is Cc1nc(-c2cccc([N+](=O)[O-])c2)cc2cn(CC3CC3)c(O)c12. The van der Waals surface area contributed by atoms with E-state index >= 15 is 0 Å². The van der Waals surface area contributed by atoms with Crippen molar-refractivity contribution in [1.29, 1.82) is 0 Å². The van der Waals surface area contributed by atoms with E-state index in [2.05, 4.69) is 4.98 Å². The van der Waals surface area contributed by atoms with Crippen LogP contribution in [0.2, 0.25) is 0 Å². The minimum Gasteiger partial charge on any atom is -0.494 e. The lowest BCUT2D eigenvalue weighted by Gasteiger charge is -2.05. The number of aromatic hydroxyl groups is 1. The molecule has 1 aromatic carbocycles. The number of pyridine rings is 1. The van der Waals surface area contributed by atoms with Gasteiger partial charge in [-0.25, -0.2) is 0 Å². The standard InChI is InChI=1S/C18H17N3O3/c1-11-17-14(10-20(18(17)22)9-12-5-6-12)8-16(19-11)13-3-2-4-15(7-13)21(23)24/h2-4,7-8,10,12,22H,5-6,9H2,1H3. The van der Waals surface area contributed by atoms with Gasteiger partial charge in [0.15, 0.2) is 0 Å². The van der Waals surface area contributed by atoms with Gasteiger partial charge in [0.1, 0.15) is 0 Å². The molecule has 122 valence electrons. The number of benzene rings is 1. The van der Waals surface area contributed by atoms with Gasteiger partial charge in [-0.3, -0.25) is 15.1 Å². The number of nitro groups is 1. The molecular formula is C18H17N3O3. The zero-order chi connectivity index (χ0) is 16.8. The number of nitro benzene ring substituents is 1. The third-order valence-electron chi connectivity index (χ3n) is 4.53. The third kappa shape index (κ3) is 2.50. The highest BCUT2D eigenvalue weighted by atomic mass is 16.6. The topological polar surface area (TPSA) is 81.2 Å². The van der Waals surface area contributed by atoms with Crippen LogP contribution < -0.4 is 0 Å². The Balaban J connectivity index is 1.82. The molecule has 6 nitrogen and oxygen atoms in total. The summed E-state index contributed by atoms with van der Waals surface area (Å²) in [5.41, 5.74) is 2.14. The second-order valence-electron chi connectivity index (χ2n) is 6.41. The summed E-state index contributed by atoms with van der Waals surface area (Å²) >= 11 is 0. The molecule has 0 spiro atoms. The van der Waals surface area contributed by atoms with Crippen LogP contribution in [0, 0.1) is 23.0 Å². The highest BCUT2D eigenvalue weighted by Gasteiger charge is 2.24. The fraction of sp³-hybridized carbons (Fsp3) is 0.278. The van der Waals surface area contributed by atoms with E-state index in [1.54, 1.807) is 6.07 Å². The zero-order valence-corrected chi connectivity index (χ0v) is 13.3. The zero-order valence-electron chi connectivity index (χ0n) is 13.3. The van der Waals surface area contributed by atoms with Crippen molar-refractivity contribution in [1.82, 2.24) is 9.55 Å². The molecular weight excluding hydrogens is 306 g/mol. The number of nitrogens with zero attached hydrogens (tertiary/aromatic N) is 3. The maximum atomic E-state index is 11.0. The van der Waals surface area contributed by atoms with Gasteiger partial charge in [-0.05, 0) is 31.7 Å². The van der Waals surface area contributed by atoms with Crippen molar-refractivity contribution < 1.29 is 10.0 Å². The van der Waals surface area contributed by atoms with Crippen molar-refractivity contribution >= 4 is 16.5 Å². The maximum Gasteiger partial charge on any atom is 0.270 e. The molecule has 0 amide bonds. The van der Waals surface area contributed by atoms with Crippen molar-refractivity contribution in [3.63, 3.8) is 0 Å². The van der Waals surface area contributed by atoms with Crippen LogP contribution in [-0.2, 0) is 6.54 Å². The second-order valence-corrected chi connectivity index (χ2v) is 6.41. The molecule has 0 radical (unpaired) electrons. The van der Waals surface area contributed by atoms with Crippen LogP contribution in [0.4, 0.5) is 5.69 Å². The van der Waals surface area contributed by atoms with Gasteiger partial charge in [0.2, 0.25) is 5.88 Å². The Kier molecular flexibility index (Phi) is 3.26. The Morgan fingerprint density at radius 2 is 2.17 bits per heavy atom. The molecule has 1 N–H and O–H groups in total. The molecule has 0 unspecified atom stereocenters. The maximum absolute atomic E-state index is 11.0. The van der Waals surface area contributed by atoms with Crippen LogP contribution in [0.15, 0.2) is 36.5 Å². The third-order valence-corrected chi connectivity index (χ3v) is 4.53. The van der Waals surface area contributed by atoms with E-state index in [9.17, 15) is 15.2 Å². The van der Waals surface area contributed by atoms with Gasteiger partial charge in [0, 0.05) is 35.8 Å². The van der Waals surface area contributed by atoms with Crippen LogP contribution in [0.1, 0.15) is 18.5 Å². The summed E-state index contributed by atoms with van der Waals surface area (Å²) in [5, 5.41) is 23.1. The summed E-state index contributed by atoms with van der Waals surface area (Å²) in [6.07, 6.45) is 4.37. The Morgan fingerprint density at radius 3 is 2.88 bits per heavy atom. The van der Waals surface area contributed by atoms with Crippen LogP contribution >= 0.6 is 0 Å². The molecule has 24 heavy (non-hydrogen) atoms. The lowest BCUT2D eigenvalue weighted by molar-refractivity contribution is -0.384. The molecule has 2 aromatic heterocycles. The summed E-state index contributed by atoms with van der Waals surface area (Å²) in [4.78, 5) is 15.1. The predicted octanol–water partition coefficient (Wildman–Crippen LogP) is 4.04. The quantitative estimate of drug-likeness (QED) is 0.580. The summed E-state index contributed by atoms with van der Waals surface area (Å²) in [5.74, 6) is 0.912. The summed E-state index contributed by atoms with van der Waals surface area (Å²) in [6, 6.07) is 8.33. The predicted molar refractivity (Wildman–Crippen MR) is 90.9 cm³/mol. The van der Waals surface area contributed by atoms with Gasteiger partial charge in [-0.15, -0.1) is 0 Å². The van der Waals surface area contributed by atoms with E-state index in [0.717, 1.165) is 23.0 Å². The Bertz CT molecular complexity index is 958. The van der Waals surface area contributed by atoms with Crippen molar-refractivity contribution in [2.75, 3.05) is 0 Å². The highest BCUT2D eigenvalue weighted by Crippen LogP contribution is 2.37. The van der Waals surface area contributed by atoms with E-state index in [0.29, 0.717) is 17.2 Å². The van der Waals surface area contributed by atoms with Gasteiger partial charge in [-0.1, -0.05) is 12.1 Å². The molecule has 2 heterocycles. The molecule has 0 saturated heterocycles. The molecule has 0 bridgehead atoms. The number of non-ortho nitro benzene ring substituents is 1. The molecule has 3 aromatic rings. The fourth-order valence-corrected chi connectivity index (χ4v) is 3.11. The van der Waals surface area contributed by atoms with Gasteiger partial charge >= 0.3 is 0 Å². The van der Waals surface area contributed by atoms with Crippen molar-refractivity contribution in [3.8, 4) is 17.1 Å². The normalized spacial score (nSPS) is 14.2. The molecule has 6 heteroatoms. The lowest BCUT2D eigenvalue weighted by Crippen LogP contribution is -1.96.